The number of piperidine rings is 1. The average molecular weight is 256 g/mol. The van der Waals surface area contributed by atoms with Gasteiger partial charge in [-0.05, 0) is 31.7 Å². The molecule has 0 aromatic carbocycles. The first-order chi connectivity index (χ1) is 8.54. The van der Waals surface area contributed by atoms with Gasteiger partial charge in [-0.3, -0.25) is 9.59 Å². The van der Waals surface area contributed by atoms with Crippen LogP contribution in [0, 0.1) is 11.8 Å². The smallest absolute Gasteiger partial charge is 0.308 e. The summed E-state index contributed by atoms with van der Waals surface area (Å²) in [6.07, 6.45) is 3.34. The van der Waals surface area contributed by atoms with Gasteiger partial charge in [-0.25, -0.2) is 0 Å². The largest absolute Gasteiger partial charge is 0.481 e. The molecule has 0 aromatic heterocycles. The molecule has 0 bridgehead atoms. The van der Waals surface area contributed by atoms with E-state index < -0.39 is 11.9 Å². The van der Waals surface area contributed by atoms with E-state index in [0.717, 1.165) is 25.8 Å². The molecule has 3 N–H and O–H groups in total. The molecule has 1 amide bonds. The van der Waals surface area contributed by atoms with Crippen molar-refractivity contribution >= 4 is 11.9 Å². The van der Waals surface area contributed by atoms with Gasteiger partial charge < -0.3 is 15.7 Å². The predicted molar refractivity (Wildman–Crippen MR) is 69.2 cm³/mol. The van der Waals surface area contributed by atoms with Crippen molar-refractivity contribution < 1.29 is 14.7 Å². The van der Waals surface area contributed by atoms with Crippen molar-refractivity contribution in [2.75, 3.05) is 13.1 Å². The van der Waals surface area contributed by atoms with E-state index in [1.165, 1.54) is 0 Å². The zero-order valence-corrected chi connectivity index (χ0v) is 11.2. The molecule has 0 saturated carbocycles. The van der Waals surface area contributed by atoms with Crippen molar-refractivity contribution in [1.29, 1.82) is 0 Å². The highest BCUT2D eigenvalue weighted by Gasteiger charge is 2.25. The maximum absolute atomic E-state index is 11.9. The Kier molecular flexibility index (Phi) is 6.12. The first-order valence-electron chi connectivity index (χ1n) is 6.78. The molecule has 18 heavy (non-hydrogen) atoms. The van der Waals surface area contributed by atoms with Gasteiger partial charge in [0.1, 0.15) is 0 Å². The molecule has 1 aliphatic heterocycles. The lowest BCUT2D eigenvalue weighted by atomic mass is 9.93. The molecule has 0 aliphatic carbocycles. The van der Waals surface area contributed by atoms with Gasteiger partial charge in [-0.1, -0.05) is 20.3 Å². The number of carbonyl (C=O) groups excluding carboxylic acids is 1. The molecular weight excluding hydrogens is 232 g/mol. The summed E-state index contributed by atoms with van der Waals surface area (Å²) in [5, 5.41) is 14.9. The summed E-state index contributed by atoms with van der Waals surface area (Å²) in [6.45, 7) is 5.17. The molecule has 5 nitrogen and oxygen atoms in total. The quantitative estimate of drug-likeness (QED) is 0.662. The number of carboxylic acids is 1. The average Bonchev–Trinajstić information content (AvgIpc) is 2.33. The van der Waals surface area contributed by atoms with Gasteiger partial charge >= 0.3 is 5.97 Å². The van der Waals surface area contributed by atoms with Gasteiger partial charge in [0.05, 0.1) is 12.0 Å². The second-order valence-corrected chi connectivity index (χ2v) is 5.21. The van der Waals surface area contributed by atoms with E-state index in [-0.39, 0.29) is 18.5 Å². The molecule has 1 rings (SSSR count). The highest BCUT2D eigenvalue weighted by atomic mass is 16.4. The fraction of sp³-hybridized carbons (Fsp3) is 0.846. The third-order valence-electron chi connectivity index (χ3n) is 3.49. The van der Waals surface area contributed by atoms with E-state index in [2.05, 4.69) is 17.6 Å². The first kappa shape index (κ1) is 15.0. The first-order valence-corrected chi connectivity index (χ1v) is 6.78. The molecule has 0 radical (unpaired) electrons. The van der Waals surface area contributed by atoms with Crippen LogP contribution in [0.5, 0.6) is 0 Å². The monoisotopic (exact) mass is 256 g/mol. The van der Waals surface area contributed by atoms with Crippen molar-refractivity contribution in [2.24, 2.45) is 11.8 Å². The number of aliphatic carboxylic acids is 1. The van der Waals surface area contributed by atoms with E-state index in [9.17, 15) is 9.59 Å². The topological polar surface area (TPSA) is 78.4 Å². The molecule has 0 aromatic rings. The summed E-state index contributed by atoms with van der Waals surface area (Å²) in [4.78, 5) is 22.9. The SMILES string of the molecule is CCCC(CNC(=O)C1CC(C)CCN1)C(=O)O. The van der Waals surface area contributed by atoms with Crippen molar-refractivity contribution in [3.8, 4) is 0 Å². The van der Waals surface area contributed by atoms with E-state index in [1.807, 2.05) is 6.92 Å². The summed E-state index contributed by atoms with van der Waals surface area (Å²) in [6, 6.07) is -0.162. The molecule has 0 spiro atoms. The van der Waals surface area contributed by atoms with E-state index >= 15 is 0 Å². The fourth-order valence-corrected chi connectivity index (χ4v) is 2.32. The fourth-order valence-electron chi connectivity index (χ4n) is 2.32. The molecule has 1 heterocycles. The molecule has 3 atom stereocenters. The van der Waals surface area contributed by atoms with Crippen LogP contribution in [0.3, 0.4) is 0 Å². The van der Waals surface area contributed by atoms with Crippen LogP contribution in [0.4, 0.5) is 0 Å². The Morgan fingerprint density at radius 2 is 2.22 bits per heavy atom. The Morgan fingerprint density at radius 1 is 1.50 bits per heavy atom. The Labute approximate surface area is 108 Å². The van der Waals surface area contributed by atoms with Gasteiger partial charge in [0.15, 0.2) is 0 Å². The van der Waals surface area contributed by atoms with Crippen LogP contribution in [0.25, 0.3) is 0 Å². The number of carbonyl (C=O) groups is 2. The molecule has 3 unspecified atom stereocenters. The summed E-state index contributed by atoms with van der Waals surface area (Å²) >= 11 is 0. The van der Waals surface area contributed by atoms with Crippen LogP contribution in [0.1, 0.15) is 39.5 Å². The third-order valence-corrected chi connectivity index (χ3v) is 3.49. The van der Waals surface area contributed by atoms with Crippen LogP contribution in [-0.4, -0.2) is 36.1 Å². The summed E-state index contributed by atoms with van der Waals surface area (Å²) in [5.74, 6) is -0.820. The van der Waals surface area contributed by atoms with Gasteiger partial charge in [-0.15, -0.1) is 0 Å². The molecule has 1 aliphatic rings. The van der Waals surface area contributed by atoms with Crippen molar-refractivity contribution in [3.05, 3.63) is 0 Å². The van der Waals surface area contributed by atoms with Gasteiger partial charge in [0, 0.05) is 6.54 Å². The number of hydrogen-bond acceptors (Lipinski definition) is 3. The van der Waals surface area contributed by atoms with Gasteiger partial charge in [-0.2, -0.15) is 0 Å². The number of hydrogen-bond donors (Lipinski definition) is 3. The normalized spacial score (nSPS) is 25.4. The number of nitrogens with one attached hydrogen (secondary N) is 2. The molecular formula is C13H24N2O3. The van der Waals surface area contributed by atoms with Crippen LogP contribution < -0.4 is 10.6 Å². The van der Waals surface area contributed by atoms with Crippen LogP contribution in [-0.2, 0) is 9.59 Å². The summed E-state index contributed by atoms with van der Waals surface area (Å²) < 4.78 is 0. The summed E-state index contributed by atoms with van der Waals surface area (Å²) in [5.41, 5.74) is 0. The molecule has 1 fully saturated rings. The number of rotatable bonds is 6. The molecule has 5 heteroatoms. The van der Waals surface area contributed by atoms with Gasteiger partial charge in [0.2, 0.25) is 5.91 Å². The minimum absolute atomic E-state index is 0.0658. The Bertz CT molecular complexity index is 294. The minimum Gasteiger partial charge on any atom is -0.481 e. The van der Waals surface area contributed by atoms with E-state index in [0.29, 0.717) is 12.3 Å². The number of amides is 1. The predicted octanol–water partition coefficient (Wildman–Crippen LogP) is 0.992. The Morgan fingerprint density at radius 3 is 2.78 bits per heavy atom. The standard InChI is InChI=1S/C13H24N2O3/c1-3-4-10(13(17)18)8-15-12(16)11-7-9(2)5-6-14-11/h9-11,14H,3-8H2,1-2H3,(H,15,16)(H,17,18). The van der Waals surface area contributed by atoms with Gasteiger partial charge in [0.25, 0.3) is 0 Å². The van der Waals surface area contributed by atoms with Crippen molar-refractivity contribution in [1.82, 2.24) is 10.6 Å². The van der Waals surface area contributed by atoms with Crippen LogP contribution in [0.15, 0.2) is 0 Å². The lowest BCUT2D eigenvalue weighted by molar-refractivity contribution is -0.142. The van der Waals surface area contributed by atoms with Crippen LogP contribution >= 0.6 is 0 Å². The minimum atomic E-state index is -0.831. The Balaban J connectivity index is 2.36. The van der Waals surface area contributed by atoms with Crippen molar-refractivity contribution in [3.63, 3.8) is 0 Å². The lowest BCUT2D eigenvalue weighted by Gasteiger charge is -2.27. The highest BCUT2D eigenvalue weighted by Crippen LogP contribution is 2.15. The second kappa shape index (κ2) is 7.36. The molecule has 1 saturated heterocycles. The van der Waals surface area contributed by atoms with E-state index in [1.54, 1.807) is 0 Å². The highest BCUT2D eigenvalue weighted by molar-refractivity contribution is 5.82. The second-order valence-electron chi connectivity index (χ2n) is 5.21. The zero-order valence-electron chi connectivity index (χ0n) is 11.2. The zero-order chi connectivity index (χ0) is 13.5. The van der Waals surface area contributed by atoms with Crippen LogP contribution in [0.2, 0.25) is 0 Å². The van der Waals surface area contributed by atoms with E-state index in [4.69, 9.17) is 5.11 Å². The maximum Gasteiger partial charge on any atom is 0.308 e. The maximum atomic E-state index is 11.9. The Hall–Kier alpha value is -1.10. The summed E-state index contributed by atoms with van der Waals surface area (Å²) in [7, 11) is 0. The third kappa shape index (κ3) is 4.64. The lowest BCUT2D eigenvalue weighted by Crippen LogP contribution is -2.49. The van der Waals surface area contributed by atoms with Crippen molar-refractivity contribution in [2.45, 2.75) is 45.6 Å². The number of carboxylic acid groups (broad SMARTS) is 1. The molecule has 104 valence electrons.